The topological polar surface area (TPSA) is 93.4 Å². The van der Waals surface area contributed by atoms with Crippen LogP contribution in [0.2, 0.25) is 0 Å². The molecule has 0 atom stereocenters. The number of hydrogen-bond acceptors (Lipinski definition) is 8. The molecule has 8 heteroatoms. The van der Waals surface area contributed by atoms with Gasteiger partial charge in [0.25, 0.3) is 0 Å². The second-order valence-electron chi connectivity index (χ2n) is 14.2. The van der Waals surface area contributed by atoms with Crippen LogP contribution in [0.1, 0.15) is 0 Å². The summed E-state index contributed by atoms with van der Waals surface area (Å²) in [6.45, 7) is 0. The van der Waals surface area contributed by atoms with Crippen LogP contribution in [0.4, 0.5) is 28.4 Å². The average Bonchev–Trinajstić information content (AvgIpc) is 4.05. The molecule has 0 aliphatic carbocycles. The number of benzene rings is 8. The van der Waals surface area contributed by atoms with Gasteiger partial charge in [-0.3, -0.25) is 0 Å². The first-order valence-electron chi connectivity index (χ1n) is 19.3. The summed E-state index contributed by atoms with van der Waals surface area (Å²) < 4.78 is 18.5. The summed E-state index contributed by atoms with van der Waals surface area (Å²) in [5.41, 5.74) is 14.4. The number of para-hydroxylation sites is 6. The highest BCUT2D eigenvalue weighted by Crippen LogP contribution is 2.39. The number of oxazole rings is 3. The molecule has 0 aliphatic heterocycles. The first-order valence-corrected chi connectivity index (χ1v) is 19.3. The fraction of sp³-hybridized carbons (Fsp3) is 0. The van der Waals surface area contributed by atoms with Gasteiger partial charge in [0, 0.05) is 39.9 Å². The number of nitrogens with one attached hydrogen (secondary N) is 1. The second kappa shape index (κ2) is 14.4. The van der Waals surface area contributed by atoms with Crippen LogP contribution >= 0.6 is 0 Å². The number of nitrogens with zero attached hydrogens (tertiary/aromatic N) is 4. The Morgan fingerprint density at radius 3 is 1.49 bits per heavy atom. The van der Waals surface area contributed by atoms with Crippen molar-refractivity contribution in [3.05, 3.63) is 194 Å². The monoisotopic (exact) mass is 763 g/mol. The summed E-state index contributed by atoms with van der Waals surface area (Å²) in [7, 11) is 0. The van der Waals surface area contributed by atoms with E-state index in [1.807, 2.05) is 127 Å². The van der Waals surface area contributed by atoms with Gasteiger partial charge in [-0.1, -0.05) is 78.9 Å². The summed E-state index contributed by atoms with van der Waals surface area (Å²) in [5, 5.41) is 3.59. The van der Waals surface area contributed by atoms with Crippen molar-refractivity contribution in [1.29, 1.82) is 0 Å². The maximum Gasteiger partial charge on any atom is 0.229 e. The minimum absolute atomic E-state index is 0.532. The lowest BCUT2D eigenvalue weighted by atomic mass is 10.0. The van der Waals surface area contributed by atoms with E-state index < -0.39 is 0 Å². The van der Waals surface area contributed by atoms with Gasteiger partial charge in [-0.2, -0.15) is 0 Å². The maximum absolute atomic E-state index is 6.53. The molecule has 0 amide bonds. The molecule has 59 heavy (non-hydrogen) atoms. The van der Waals surface area contributed by atoms with Gasteiger partial charge in [0.2, 0.25) is 17.7 Å². The van der Waals surface area contributed by atoms with E-state index in [2.05, 4.69) is 86.9 Å². The Morgan fingerprint density at radius 1 is 0.356 bits per heavy atom. The van der Waals surface area contributed by atoms with Crippen LogP contribution < -0.4 is 10.2 Å². The van der Waals surface area contributed by atoms with Gasteiger partial charge in [0.1, 0.15) is 16.6 Å². The minimum Gasteiger partial charge on any atom is -0.436 e. The first-order chi connectivity index (χ1) is 29.2. The molecule has 0 spiro atoms. The Bertz CT molecular complexity index is 3170. The molecule has 3 heterocycles. The normalized spacial score (nSPS) is 11.4. The van der Waals surface area contributed by atoms with Crippen LogP contribution in [0.15, 0.2) is 207 Å². The standard InChI is InChI=1S/C51H33N5O3/c1-2-10-38(11-3-1)56(39-28-24-36(25-29-39)50-54-44-15-7-9-17-47(44)58-50)40-30-31-45-48(32-40)59-51(55-45)41-12-4-5-13-42(41)52-37-26-22-34(23-27-37)33-18-20-35(21-19-33)49-53-43-14-6-8-16-46(43)57-49/h1-32,52H. The highest BCUT2D eigenvalue weighted by Gasteiger charge is 2.18. The summed E-state index contributed by atoms with van der Waals surface area (Å²) in [6.07, 6.45) is 0. The first kappa shape index (κ1) is 34.1. The summed E-state index contributed by atoms with van der Waals surface area (Å²) in [6, 6.07) is 65.0. The summed E-state index contributed by atoms with van der Waals surface area (Å²) >= 11 is 0. The molecule has 0 bridgehead atoms. The van der Waals surface area contributed by atoms with Crippen molar-refractivity contribution < 1.29 is 13.3 Å². The Kier molecular flexibility index (Phi) is 8.29. The van der Waals surface area contributed by atoms with Crippen molar-refractivity contribution in [3.8, 4) is 45.5 Å². The van der Waals surface area contributed by atoms with Crippen LogP contribution in [0.25, 0.3) is 78.8 Å². The maximum atomic E-state index is 6.53. The largest absolute Gasteiger partial charge is 0.436 e. The number of hydrogen-bond donors (Lipinski definition) is 1. The van der Waals surface area contributed by atoms with E-state index in [0.29, 0.717) is 23.3 Å². The zero-order chi connectivity index (χ0) is 39.1. The molecule has 8 aromatic carbocycles. The smallest absolute Gasteiger partial charge is 0.229 e. The van der Waals surface area contributed by atoms with Crippen LogP contribution in [0, 0.1) is 0 Å². The van der Waals surface area contributed by atoms with Gasteiger partial charge < -0.3 is 23.5 Å². The fourth-order valence-corrected chi connectivity index (χ4v) is 7.42. The van der Waals surface area contributed by atoms with Crippen molar-refractivity contribution in [2.45, 2.75) is 0 Å². The van der Waals surface area contributed by atoms with E-state index >= 15 is 0 Å². The predicted octanol–water partition coefficient (Wildman–Crippen LogP) is 14.0. The molecule has 8 nitrogen and oxygen atoms in total. The molecule has 1 N–H and O–H groups in total. The minimum atomic E-state index is 0.532. The Balaban J connectivity index is 0.849. The third kappa shape index (κ3) is 6.54. The molecule has 11 aromatic rings. The van der Waals surface area contributed by atoms with E-state index in [-0.39, 0.29) is 0 Å². The van der Waals surface area contributed by atoms with Gasteiger partial charge in [-0.25, -0.2) is 15.0 Å². The highest BCUT2D eigenvalue weighted by atomic mass is 16.4. The van der Waals surface area contributed by atoms with Gasteiger partial charge in [0.05, 0.1) is 11.3 Å². The van der Waals surface area contributed by atoms with Gasteiger partial charge in [-0.15, -0.1) is 0 Å². The fourth-order valence-electron chi connectivity index (χ4n) is 7.42. The van der Waals surface area contributed by atoms with Crippen LogP contribution in [0.5, 0.6) is 0 Å². The van der Waals surface area contributed by atoms with Crippen molar-refractivity contribution in [2.75, 3.05) is 10.2 Å². The summed E-state index contributed by atoms with van der Waals surface area (Å²) in [4.78, 5) is 16.5. The average molecular weight is 764 g/mol. The van der Waals surface area contributed by atoms with Crippen molar-refractivity contribution in [3.63, 3.8) is 0 Å². The van der Waals surface area contributed by atoms with Gasteiger partial charge >= 0.3 is 0 Å². The van der Waals surface area contributed by atoms with Crippen LogP contribution in [-0.4, -0.2) is 15.0 Å². The zero-order valence-electron chi connectivity index (χ0n) is 31.5. The van der Waals surface area contributed by atoms with E-state index in [0.717, 1.165) is 84.0 Å². The molecule has 3 aromatic heterocycles. The van der Waals surface area contributed by atoms with Crippen molar-refractivity contribution >= 4 is 61.7 Å². The number of aromatic nitrogens is 3. The lowest BCUT2D eigenvalue weighted by Gasteiger charge is -2.25. The second-order valence-corrected chi connectivity index (χ2v) is 14.2. The highest BCUT2D eigenvalue weighted by molar-refractivity contribution is 5.88. The molecular weight excluding hydrogens is 731 g/mol. The van der Waals surface area contributed by atoms with E-state index in [1.165, 1.54) is 0 Å². The number of fused-ring (bicyclic) bond motifs is 3. The Labute approximate surface area is 338 Å². The van der Waals surface area contributed by atoms with Gasteiger partial charge in [0.15, 0.2) is 16.7 Å². The SMILES string of the molecule is c1ccc(N(c2ccc(-c3nc4ccccc4o3)cc2)c2ccc3nc(-c4ccccc4Nc4ccc(-c5ccc(-c6nc7ccccc7o6)cc5)cc4)oc3c2)cc1. The molecule has 11 rings (SSSR count). The van der Waals surface area contributed by atoms with Gasteiger partial charge in [-0.05, 0) is 120 Å². The lowest BCUT2D eigenvalue weighted by Crippen LogP contribution is -2.09. The molecule has 0 aliphatic rings. The molecule has 0 saturated heterocycles. The molecule has 0 unspecified atom stereocenters. The number of rotatable bonds is 9. The van der Waals surface area contributed by atoms with Crippen LogP contribution in [0.3, 0.4) is 0 Å². The zero-order valence-corrected chi connectivity index (χ0v) is 31.5. The van der Waals surface area contributed by atoms with E-state index in [4.69, 9.17) is 18.2 Å². The quantitative estimate of drug-likeness (QED) is 0.155. The Morgan fingerprint density at radius 2 is 0.831 bits per heavy atom. The number of anilines is 5. The molecule has 280 valence electrons. The molecule has 0 radical (unpaired) electrons. The van der Waals surface area contributed by atoms with Crippen molar-refractivity contribution in [2.24, 2.45) is 0 Å². The Hall–Kier alpha value is -8.23. The summed E-state index contributed by atoms with van der Waals surface area (Å²) in [5.74, 6) is 1.74. The molecule has 0 fully saturated rings. The molecule has 0 saturated carbocycles. The van der Waals surface area contributed by atoms with E-state index in [9.17, 15) is 0 Å². The van der Waals surface area contributed by atoms with E-state index in [1.54, 1.807) is 0 Å². The lowest BCUT2D eigenvalue weighted by molar-refractivity contribution is 0.619. The third-order valence-corrected chi connectivity index (χ3v) is 10.4. The third-order valence-electron chi connectivity index (χ3n) is 10.4. The predicted molar refractivity (Wildman–Crippen MR) is 235 cm³/mol. The van der Waals surface area contributed by atoms with Crippen LogP contribution in [-0.2, 0) is 0 Å². The molecular formula is C51H33N5O3. The van der Waals surface area contributed by atoms with Crippen molar-refractivity contribution in [1.82, 2.24) is 15.0 Å².